The molecule has 1 N–H and O–H groups in total. The van der Waals surface area contributed by atoms with Gasteiger partial charge in [-0.05, 0) is 31.4 Å². The van der Waals surface area contributed by atoms with Gasteiger partial charge in [0, 0.05) is 18.7 Å². The Labute approximate surface area is 157 Å². The molecule has 7 nitrogen and oxygen atoms in total. The SMILES string of the molecule is Cc1cccc(C(=O)NC(C(=O)N2CCCC2)c2ccccc2)c1[N+](=O)[O-]. The first-order valence-electron chi connectivity index (χ1n) is 8.87. The minimum absolute atomic E-state index is 0.0462. The van der Waals surface area contributed by atoms with E-state index in [-0.39, 0.29) is 17.2 Å². The third-order valence-electron chi connectivity index (χ3n) is 4.74. The number of carbonyl (C=O) groups is 2. The minimum atomic E-state index is -0.878. The van der Waals surface area contributed by atoms with Gasteiger partial charge in [0.2, 0.25) is 5.91 Å². The first-order chi connectivity index (χ1) is 13.0. The first kappa shape index (κ1) is 18.6. The predicted molar refractivity (Wildman–Crippen MR) is 100 cm³/mol. The zero-order valence-corrected chi connectivity index (χ0v) is 15.1. The fraction of sp³-hybridized carbons (Fsp3) is 0.300. The van der Waals surface area contributed by atoms with E-state index in [9.17, 15) is 19.7 Å². The van der Waals surface area contributed by atoms with Crippen LogP contribution in [-0.4, -0.2) is 34.7 Å². The molecular formula is C20H21N3O4. The van der Waals surface area contributed by atoms with Crippen LogP contribution < -0.4 is 5.32 Å². The van der Waals surface area contributed by atoms with Crippen molar-refractivity contribution < 1.29 is 14.5 Å². The van der Waals surface area contributed by atoms with Crippen molar-refractivity contribution in [1.29, 1.82) is 0 Å². The summed E-state index contributed by atoms with van der Waals surface area (Å²) in [5.41, 5.74) is 0.762. The highest BCUT2D eigenvalue weighted by Crippen LogP contribution is 2.25. The smallest absolute Gasteiger partial charge is 0.285 e. The highest BCUT2D eigenvalue weighted by atomic mass is 16.6. The minimum Gasteiger partial charge on any atom is -0.341 e. The Morgan fingerprint density at radius 1 is 1.07 bits per heavy atom. The summed E-state index contributed by atoms with van der Waals surface area (Å²) >= 11 is 0. The molecule has 3 rings (SSSR count). The number of amides is 2. The summed E-state index contributed by atoms with van der Waals surface area (Å²) in [5.74, 6) is -0.825. The first-order valence-corrected chi connectivity index (χ1v) is 8.87. The number of nitrogens with zero attached hydrogens (tertiary/aromatic N) is 2. The number of para-hydroxylation sites is 1. The maximum Gasteiger partial charge on any atom is 0.285 e. The van der Waals surface area contributed by atoms with Gasteiger partial charge in [0.25, 0.3) is 11.6 Å². The van der Waals surface area contributed by atoms with E-state index in [2.05, 4.69) is 5.32 Å². The van der Waals surface area contributed by atoms with Gasteiger partial charge in [-0.3, -0.25) is 19.7 Å². The molecule has 140 valence electrons. The molecule has 0 saturated carbocycles. The summed E-state index contributed by atoms with van der Waals surface area (Å²) < 4.78 is 0. The molecule has 0 bridgehead atoms. The molecule has 2 amide bonds. The molecule has 2 aromatic carbocycles. The Kier molecular flexibility index (Phi) is 5.49. The van der Waals surface area contributed by atoms with E-state index in [0.717, 1.165) is 12.8 Å². The lowest BCUT2D eigenvalue weighted by Gasteiger charge is -2.24. The van der Waals surface area contributed by atoms with E-state index in [0.29, 0.717) is 24.2 Å². The number of nitro groups is 1. The highest BCUT2D eigenvalue weighted by Gasteiger charge is 2.31. The summed E-state index contributed by atoms with van der Waals surface area (Å²) in [6.07, 6.45) is 1.87. The van der Waals surface area contributed by atoms with Crippen LogP contribution in [0.5, 0.6) is 0 Å². The van der Waals surface area contributed by atoms with Crippen LogP contribution in [0.1, 0.15) is 40.4 Å². The van der Waals surface area contributed by atoms with Crippen molar-refractivity contribution in [1.82, 2.24) is 10.2 Å². The molecule has 0 spiro atoms. The van der Waals surface area contributed by atoms with Crippen molar-refractivity contribution in [2.45, 2.75) is 25.8 Å². The number of aryl methyl sites for hydroxylation is 1. The summed E-state index contributed by atoms with van der Waals surface area (Å²) in [6, 6.07) is 12.7. The average Bonchev–Trinajstić information content (AvgIpc) is 3.20. The number of nitro benzene ring substituents is 1. The van der Waals surface area contributed by atoms with Crippen LogP contribution in [0.3, 0.4) is 0 Å². The van der Waals surface area contributed by atoms with Crippen molar-refractivity contribution >= 4 is 17.5 Å². The molecule has 1 heterocycles. The van der Waals surface area contributed by atoms with Gasteiger partial charge >= 0.3 is 0 Å². The maximum absolute atomic E-state index is 13.0. The fourth-order valence-electron chi connectivity index (χ4n) is 3.35. The van der Waals surface area contributed by atoms with E-state index in [1.165, 1.54) is 6.07 Å². The summed E-state index contributed by atoms with van der Waals surface area (Å²) in [4.78, 5) is 38.4. The lowest BCUT2D eigenvalue weighted by molar-refractivity contribution is -0.385. The molecule has 1 saturated heterocycles. The van der Waals surface area contributed by atoms with Gasteiger partial charge in [-0.25, -0.2) is 0 Å². The number of nitrogens with one attached hydrogen (secondary N) is 1. The van der Waals surface area contributed by atoms with Gasteiger partial charge < -0.3 is 10.2 Å². The van der Waals surface area contributed by atoms with Crippen LogP contribution in [0.4, 0.5) is 5.69 Å². The molecule has 0 aromatic heterocycles. The summed E-state index contributed by atoms with van der Waals surface area (Å²) in [6.45, 7) is 2.89. The van der Waals surface area contributed by atoms with Gasteiger partial charge in [0.05, 0.1) is 4.92 Å². The molecule has 1 aliphatic rings. The van der Waals surface area contributed by atoms with Crippen LogP contribution in [0.25, 0.3) is 0 Å². The third kappa shape index (κ3) is 3.97. The summed E-state index contributed by atoms with van der Waals surface area (Å²) in [5, 5.41) is 14.1. The topological polar surface area (TPSA) is 92.6 Å². The monoisotopic (exact) mass is 367 g/mol. The molecule has 0 radical (unpaired) electrons. The molecule has 1 aliphatic heterocycles. The lowest BCUT2D eigenvalue weighted by Crippen LogP contribution is -2.42. The molecule has 1 atom stereocenters. The second-order valence-corrected chi connectivity index (χ2v) is 6.58. The van der Waals surface area contributed by atoms with Gasteiger partial charge in [-0.2, -0.15) is 0 Å². The molecular weight excluding hydrogens is 346 g/mol. The molecule has 0 aliphatic carbocycles. The number of likely N-dealkylation sites (tertiary alicyclic amines) is 1. The average molecular weight is 367 g/mol. The van der Waals surface area contributed by atoms with E-state index in [1.807, 2.05) is 6.07 Å². The zero-order chi connectivity index (χ0) is 19.4. The maximum atomic E-state index is 13.0. The van der Waals surface area contributed by atoms with E-state index < -0.39 is 16.9 Å². The Hall–Kier alpha value is -3.22. The van der Waals surface area contributed by atoms with Crippen LogP contribution >= 0.6 is 0 Å². The predicted octanol–water partition coefficient (Wildman–Crippen LogP) is 3.00. The van der Waals surface area contributed by atoms with Gasteiger partial charge in [0.15, 0.2) is 0 Å². The normalized spacial score (nSPS) is 14.6. The molecule has 1 unspecified atom stereocenters. The number of hydrogen-bond acceptors (Lipinski definition) is 4. The number of carbonyl (C=O) groups excluding carboxylic acids is 2. The van der Waals surface area contributed by atoms with Crippen LogP contribution in [0, 0.1) is 17.0 Å². The fourth-order valence-corrected chi connectivity index (χ4v) is 3.35. The number of hydrogen-bond donors (Lipinski definition) is 1. The van der Waals surface area contributed by atoms with Gasteiger partial charge in [0.1, 0.15) is 11.6 Å². The largest absolute Gasteiger partial charge is 0.341 e. The quantitative estimate of drug-likeness (QED) is 0.649. The van der Waals surface area contributed by atoms with Gasteiger partial charge in [-0.15, -0.1) is 0 Å². The number of rotatable bonds is 5. The van der Waals surface area contributed by atoms with Crippen molar-refractivity contribution in [3.8, 4) is 0 Å². The van der Waals surface area contributed by atoms with Gasteiger partial charge in [-0.1, -0.05) is 42.5 Å². The van der Waals surface area contributed by atoms with Crippen LogP contribution in [0.2, 0.25) is 0 Å². The number of benzene rings is 2. The third-order valence-corrected chi connectivity index (χ3v) is 4.74. The Bertz CT molecular complexity index is 861. The van der Waals surface area contributed by atoms with Crippen LogP contribution in [-0.2, 0) is 4.79 Å². The van der Waals surface area contributed by atoms with Crippen molar-refractivity contribution in [3.63, 3.8) is 0 Å². The highest BCUT2D eigenvalue weighted by molar-refractivity contribution is 6.01. The zero-order valence-electron chi connectivity index (χ0n) is 15.1. The Balaban J connectivity index is 1.93. The van der Waals surface area contributed by atoms with E-state index in [4.69, 9.17) is 0 Å². The second kappa shape index (κ2) is 7.99. The van der Waals surface area contributed by atoms with Crippen LogP contribution in [0.15, 0.2) is 48.5 Å². The van der Waals surface area contributed by atoms with E-state index >= 15 is 0 Å². The Morgan fingerprint density at radius 3 is 2.37 bits per heavy atom. The molecule has 2 aromatic rings. The second-order valence-electron chi connectivity index (χ2n) is 6.58. The summed E-state index contributed by atoms with van der Waals surface area (Å²) in [7, 11) is 0. The van der Waals surface area contributed by atoms with Crippen molar-refractivity contribution in [2.24, 2.45) is 0 Å². The van der Waals surface area contributed by atoms with E-state index in [1.54, 1.807) is 48.2 Å². The standard InChI is InChI=1S/C20H21N3O4/c1-14-8-7-11-16(18(14)23(26)27)19(24)21-17(15-9-3-2-4-10-15)20(25)22-12-5-6-13-22/h2-4,7-11,17H,5-6,12-13H2,1H3,(H,21,24). The lowest BCUT2D eigenvalue weighted by atomic mass is 10.0. The van der Waals surface area contributed by atoms with Crippen molar-refractivity contribution in [3.05, 3.63) is 75.3 Å². The Morgan fingerprint density at radius 2 is 1.74 bits per heavy atom. The molecule has 1 fully saturated rings. The molecule has 7 heteroatoms. The van der Waals surface area contributed by atoms with Crippen molar-refractivity contribution in [2.75, 3.05) is 13.1 Å². The molecule has 27 heavy (non-hydrogen) atoms.